The SMILES string of the molecule is C=C(C=NC(C)=C(C)CC)C1CNC1. The molecule has 2 nitrogen and oxygen atoms in total. The molecule has 0 spiro atoms. The molecule has 0 aromatic carbocycles. The Hall–Kier alpha value is -0.890. The lowest BCUT2D eigenvalue weighted by molar-refractivity contribution is 0.411. The van der Waals surface area contributed by atoms with E-state index >= 15 is 0 Å². The van der Waals surface area contributed by atoms with Gasteiger partial charge in [0.25, 0.3) is 0 Å². The van der Waals surface area contributed by atoms with Gasteiger partial charge in [-0.05, 0) is 25.8 Å². The van der Waals surface area contributed by atoms with Gasteiger partial charge in [-0.2, -0.15) is 0 Å². The van der Waals surface area contributed by atoms with Gasteiger partial charge in [-0.15, -0.1) is 0 Å². The summed E-state index contributed by atoms with van der Waals surface area (Å²) in [5.41, 5.74) is 3.62. The number of nitrogens with one attached hydrogen (secondary N) is 1. The van der Waals surface area contributed by atoms with Gasteiger partial charge in [0.15, 0.2) is 0 Å². The largest absolute Gasteiger partial charge is 0.315 e. The number of aliphatic imine (C=N–C) groups is 1. The van der Waals surface area contributed by atoms with Crippen molar-refractivity contribution in [2.45, 2.75) is 27.2 Å². The molecule has 0 aromatic rings. The number of rotatable bonds is 4. The van der Waals surface area contributed by atoms with Gasteiger partial charge in [0, 0.05) is 30.9 Å². The average Bonchev–Trinajstić information content (AvgIpc) is 2.10. The highest BCUT2D eigenvalue weighted by atomic mass is 14.9. The molecule has 2 heteroatoms. The van der Waals surface area contributed by atoms with Crippen LogP contribution in [0.4, 0.5) is 0 Å². The molecule has 14 heavy (non-hydrogen) atoms. The number of nitrogens with zero attached hydrogens (tertiary/aromatic N) is 1. The minimum absolute atomic E-state index is 0.605. The van der Waals surface area contributed by atoms with E-state index in [-0.39, 0.29) is 0 Å². The van der Waals surface area contributed by atoms with Crippen molar-refractivity contribution in [2.75, 3.05) is 13.1 Å². The van der Waals surface area contributed by atoms with Crippen molar-refractivity contribution in [2.24, 2.45) is 10.9 Å². The lowest BCUT2D eigenvalue weighted by Crippen LogP contribution is -2.43. The zero-order valence-electron chi connectivity index (χ0n) is 9.43. The van der Waals surface area contributed by atoms with E-state index in [0.717, 1.165) is 30.8 Å². The maximum absolute atomic E-state index is 4.43. The summed E-state index contributed by atoms with van der Waals surface area (Å²) in [7, 11) is 0. The van der Waals surface area contributed by atoms with Crippen LogP contribution in [0, 0.1) is 5.92 Å². The molecule has 0 radical (unpaired) electrons. The monoisotopic (exact) mass is 192 g/mol. The highest BCUT2D eigenvalue weighted by Gasteiger charge is 2.18. The van der Waals surface area contributed by atoms with Crippen LogP contribution in [0.1, 0.15) is 27.2 Å². The Morgan fingerprint density at radius 3 is 2.57 bits per heavy atom. The van der Waals surface area contributed by atoms with E-state index in [1.54, 1.807) is 0 Å². The molecule has 0 aromatic heterocycles. The fourth-order valence-electron chi connectivity index (χ4n) is 1.20. The molecule has 0 amide bonds. The zero-order chi connectivity index (χ0) is 10.6. The highest BCUT2D eigenvalue weighted by Crippen LogP contribution is 2.13. The molecular formula is C12H20N2. The first kappa shape index (κ1) is 11.2. The molecule has 1 aliphatic rings. The molecule has 78 valence electrons. The molecule has 0 bridgehead atoms. The first-order chi connectivity index (χ1) is 6.65. The van der Waals surface area contributed by atoms with Crippen molar-refractivity contribution < 1.29 is 0 Å². The molecule has 1 N–H and O–H groups in total. The third-order valence-corrected chi connectivity index (χ3v) is 2.88. The summed E-state index contributed by atoms with van der Waals surface area (Å²) in [5.74, 6) is 0.605. The molecule has 1 heterocycles. The summed E-state index contributed by atoms with van der Waals surface area (Å²) >= 11 is 0. The predicted molar refractivity (Wildman–Crippen MR) is 62.7 cm³/mol. The van der Waals surface area contributed by atoms with Crippen molar-refractivity contribution in [3.8, 4) is 0 Å². The third kappa shape index (κ3) is 2.81. The molecule has 1 saturated heterocycles. The van der Waals surface area contributed by atoms with Crippen LogP contribution in [0.25, 0.3) is 0 Å². The summed E-state index contributed by atoms with van der Waals surface area (Å²) in [6, 6.07) is 0. The Kier molecular flexibility index (Phi) is 4.08. The van der Waals surface area contributed by atoms with Crippen molar-refractivity contribution in [1.29, 1.82) is 0 Å². The standard InChI is InChI=1S/C12H20N2/c1-5-9(2)11(4)14-6-10(3)12-7-13-8-12/h6,12-13H,3,5,7-8H2,1-2,4H3. The minimum Gasteiger partial charge on any atom is -0.315 e. The Morgan fingerprint density at radius 1 is 1.50 bits per heavy atom. The zero-order valence-corrected chi connectivity index (χ0v) is 9.43. The molecular weight excluding hydrogens is 172 g/mol. The van der Waals surface area contributed by atoms with Gasteiger partial charge in [0.1, 0.15) is 0 Å². The Morgan fingerprint density at radius 2 is 2.14 bits per heavy atom. The van der Waals surface area contributed by atoms with E-state index in [1.165, 1.54) is 5.57 Å². The smallest absolute Gasteiger partial charge is 0.0361 e. The van der Waals surface area contributed by atoms with E-state index in [4.69, 9.17) is 0 Å². The van der Waals surface area contributed by atoms with Crippen molar-refractivity contribution in [3.63, 3.8) is 0 Å². The topological polar surface area (TPSA) is 24.4 Å². The first-order valence-corrected chi connectivity index (χ1v) is 5.25. The van der Waals surface area contributed by atoms with Crippen LogP contribution in [-0.2, 0) is 0 Å². The van der Waals surface area contributed by atoms with Crippen LogP contribution < -0.4 is 5.32 Å². The number of hydrogen-bond donors (Lipinski definition) is 1. The van der Waals surface area contributed by atoms with Crippen molar-refractivity contribution in [1.82, 2.24) is 5.32 Å². The number of hydrogen-bond acceptors (Lipinski definition) is 2. The maximum atomic E-state index is 4.43. The van der Waals surface area contributed by atoms with Gasteiger partial charge in [-0.25, -0.2) is 0 Å². The van der Waals surface area contributed by atoms with Gasteiger partial charge >= 0.3 is 0 Å². The number of allylic oxidation sites excluding steroid dienone is 2. The molecule has 0 unspecified atom stereocenters. The lowest BCUT2D eigenvalue weighted by Gasteiger charge is -2.27. The first-order valence-electron chi connectivity index (χ1n) is 5.25. The Labute approximate surface area is 86.8 Å². The van der Waals surface area contributed by atoms with E-state index < -0.39 is 0 Å². The quantitative estimate of drug-likeness (QED) is 0.680. The van der Waals surface area contributed by atoms with Crippen LogP contribution in [-0.4, -0.2) is 19.3 Å². The third-order valence-electron chi connectivity index (χ3n) is 2.88. The van der Waals surface area contributed by atoms with Gasteiger partial charge in [0.2, 0.25) is 0 Å². The Bertz CT molecular complexity index is 270. The molecule has 0 atom stereocenters. The fourth-order valence-corrected chi connectivity index (χ4v) is 1.20. The van der Waals surface area contributed by atoms with E-state index in [1.807, 2.05) is 6.21 Å². The van der Waals surface area contributed by atoms with E-state index in [0.29, 0.717) is 5.92 Å². The van der Waals surface area contributed by atoms with Crippen LogP contribution in [0.3, 0.4) is 0 Å². The summed E-state index contributed by atoms with van der Waals surface area (Å²) in [6.45, 7) is 12.5. The van der Waals surface area contributed by atoms with Gasteiger partial charge in [-0.3, -0.25) is 4.99 Å². The van der Waals surface area contributed by atoms with Gasteiger partial charge in [0.05, 0.1) is 0 Å². The van der Waals surface area contributed by atoms with E-state index in [9.17, 15) is 0 Å². The highest BCUT2D eigenvalue weighted by molar-refractivity contribution is 5.79. The molecule has 1 aliphatic heterocycles. The Balaban J connectivity index is 2.50. The second kappa shape index (κ2) is 5.11. The summed E-state index contributed by atoms with van der Waals surface area (Å²) in [5, 5.41) is 3.23. The van der Waals surface area contributed by atoms with Gasteiger partial charge in [-0.1, -0.05) is 19.1 Å². The second-order valence-corrected chi connectivity index (χ2v) is 3.91. The molecule has 0 aliphatic carbocycles. The van der Waals surface area contributed by atoms with Crippen LogP contribution in [0.15, 0.2) is 28.4 Å². The van der Waals surface area contributed by atoms with Gasteiger partial charge < -0.3 is 5.32 Å². The molecule has 0 saturated carbocycles. The average molecular weight is 192 g/mol. The van der Waals surface area contributed by atoms with Crippen LogP contribution in [0.5, 0.6) is 0 Å². The summed E-state index contributed by atoms with van der Waals surface area (Å²) < 4.78 is 0. The summed E-state index contributed by atoms with van der Waals surface area (Å²) in [4.78, 5) is 4.43. The van der Waals surface area contributed by atoms with Crippen LogP contribution >= 0.6 is 0 Å². The fraction of sp³-hybridized carbons (Fsp3) is 0.583. The summed E-state index contributed by atoms with van der Waals surface area (Å²) in [6.07, 6.45) is 2.99. The normalized spacial score (nSPS) is 19.4. The minimum atomic E-state index is 0.605. The molecule has 1 fully saturated rings. The maximum Gasteiger partial charge on any atom is 0.0361 e. The van der Waals surface area contributed by atoms with Crippen molar-refractivity contribution >= 4 is 6.21 Å². The van der Waals surface area contributed by atoms with Crippen molar-refractivity contribution in [3.05, 3.63) is 23.4 Å². The predicted octanol–water partition coefficient (Wildman–Crippen LogP) is 2.54. The lowest BCUT2D eigenvalue weighted by atomic mass is 9.96. The van der Waals surface area contributed by atoms with Crippen LogP contribution in [0.2, 0.25) is 0 Å². The van der Waals surface area contributed by atoms with E-state index in [2.05, 4.69) is 37.7 Å². The second-order valence-electron chi connectivity index (χ2n) is 3.91. The molecule has 1 rings (SSSR count).